The molecule has 0 radical (unpaired) electrons. The number of nitrogens with one attached hydrogen (secondary N) is 2. The van der Waals surface area contributed by atoms with E-state index in [9.17, 15) is 0 Å². The molecular weight excluding hydrogens is 358 g/mol. The van der Waals surface area contributed by atoms with Gasteiger partial charge in [-0.05, 0) is 30.7 Å². The monoisotopic (exact) mass is 379 g/mol. The number of benzene rings is 1. The van der Waals surface area contributed by atoms with Crippen molar-refractivity contribution in [2.24, 2.45) is 4.99 Å². The predicted octanol–water partition coefficient (Wildman–Crippen LogP) is 2.99. The molecule has 0 spiro atoms. The number of halogens is 1. The van der Waals surface area contributed by atoms with Gasteiger partial charge in [0.25, 0.3) is 0 Å². The first kappa shape index (κ1) is 18.1. The number of hydrogen-bond acceptors (Lipinski definition) is 5. The second-order valence-electron chi connectivity index (χ2n) is 5.79. The van der Waals surface area contributed by atoms with E-state index < -0.39 is 0 Å². The average Bonchev–Trinajstić information content (AvgIpc) is 3.30. The number of hydrogen-bond donors (Lipinski definition) is 2. The molecule has 6 nitrogen and oxygen atoms in total. The van der Waals surface area contributed by atoms with Crippen molar-refractivity contribution in [2.75, 3.05) is 25.9 Å². The fourth-order valence-electron chi connectivity index (χ4n) is 2.63. The summed E-state index contributed by atoms with van der Waals surface area (Å²) in [5.41, 5.74) is 0.849. The molecule has 0 aliphatic carbocycles. The van der Waals surface area contributed by atoms with Crippen molar-refractivity contribution in [1.29, 1.82) is 0 Å². The number of thioether (sulfide) groups is 1. The van der Waals surface area contributed by atoms with Gasteiger partial charge in [-0.3, -0.25) is 4.99 Å². The average molecular weight is 380 g/mol. The molecule has 1 fully saturated rings. The molecular formula is C17H22ClN5OS. The van der Waals surface area contributed by atoms with Crippen LogP contribution in [0.3, 0.4) is 0 Å². The minimum absolute atomic E-state index is 0.554. The van der Waals surface area contributed by atoms with Crippen LogP contribution in [0.5, 0.6) is 0 Å². The molecule has 1 aliphatic heterocycles. The first-order chi connectivity index (χ1) is 12.2. The number of aromatic nitrogens is 2. The largest absolute Gasteiger partial charge is 0.356 e. The number of guanidine groups is 1. The fourth-order valence-corrected chi connectivity index (χ4v) is 4.02. The molecule has 1 unspecified atom stereocenters. The third-order valence-electron chi connectivity index (χ3n) is 3.93. The van der Waals surface area contributed by atoms with Crippen molar-refractivity contribution in [3.8, 4) is 11.4 Å². The highest BCUT2D eigenvalue weighted by atomic mass is 35.5. The SMILES string of the molecule is CN=C(NCCc1nc(-c2cccc(Cl)c2)no1)NCC1CCCS1. The number of rotatable bonds is 6. The maximum absolute atomic E-state index is 5.99. The van der Waals surface area contributed by atoms with Gasteiger partial charge in [0.05, 0.1) is 0 Å². The molecule has 1 aromatic heterocycles. The van der Waals surface area contributed by atoms with Crippen molar-refractivity contribution in [2.45, 2.75) is 24.5 Å². The van der Waals surface area contributed by atoms with Crippen LogP contribution in [0.2, 0.25) is 5.02 Å². The standard InChI is InChI=1S/C17H22ClN5OS/c1-19-17(21-11-14-6-3-9-25-14)20-8-7-15-22-16(23-24-15)12-4-2-5-13(18)10-12/h2,4-5,10,14H,3,6-9,11H2,1H3,(H2,19,20,21). The summed E-state index contributed by atoms with van der Waals surface area (Å²) in [6.45, 7) is 1.62. The van der Waals surface area contributed by atoms with Gasteiger partial charge in [0, 0.05) is 42.4 Å². The molecule has 1 saturated heterocycles. The Morgan fingerprint density at radius 1 is 1.44 bits per heavy atom. The van der Waals surface area contributed by atoms with E-state index in [1.165, 1.54) is 18.6 Å². The highest BCUT2D eigenvalue weighted by molar-refractivity contribution is 8.00. The minimum atomic E-state index is 0.554. The Kier molecular flexibility index (Phi) is 6.58. The van der Waals surface area contributed by atoms with E-state index in [0.717, 1.165) is 18.1 Å². The van der Waals surface area contributed by atoms with E-state index in [-0.39, 0.29) is 0 Å². The van der Waals surface area contributed by atoms with Crippen LogP contribution in [0.1, 0.15) is 18.7 Å². The zero-order valence-electron chi connectivity index (χ0n) is 14.2. The molecule has 2 heterocycles. The van der Waals surface area contributed by atoms with Gasteiger partial charge in [-0.2, -0.15) is 16.7 Å². The van der Waals surface area contributed by atoms with Crippen molar-refractivity contribution in [3.63, 3.8) is 0 Å². The Morgan fingerprint density at radius 2 is 2.36 bits per heavy atom. The van der Waals surface area contributed by atoms with Crippen molar-refractivity contribution < 1.29 is 4.52 Å². The summed E-state index contributed by atoms with van der Waals surface area (Å²) in [4.78, 5) is 8.66. The van der Waals surface area contributed by atoms with E-state index in [1.807, 2.05) is 36.0 Å². The minimum Gasteiger partial charge on any atom is -0.356 e. The quantitative estimate of drug-likeness (QED) is 0.593. The molecule has 1 aromatic carbocycles. The third-order valence-corrected chi connectivity index (χ3v) is 5.56. The third kappa shape index (κ3) is 5.37. The Morgan fingerprint density at radius 3 is 3.12 bits per heavy atom. The maximum Gasteiger partial charge on any atom is 0.228 e. The summed E-state index contributed by atoms with van der Waals surface area (Å²) in [6, 6.07) is 7.42. The Hall–Kier alpha value is -1.73. The maximum atomic E-state index is 5.99. The molecule has 8 heteroatoms. The second-order valence-corrected chi connectivity index (χ2v) is 7.63. The summed E-state index contributed by atoms with van der Waals surface area (Å²) >= 11 is 8.02. The molecule has 25 heavy (non-hydrogen) atoms. The van der Waals surface area contributed by atoms with Crippen LogP contribution in [-0.4, -0.2) is 47.2 Å². The highest BCUT2D eigenvalue weighted by Gasteiger charge is 2.15. The zero-order valence-corrected chi connectivity index (χ0v) is 15.7. The first-order valence-corrected chi connectivity index (χ1v) is 9.82. The van der Waals surface area contributed by atoms with Crippen LogP contribution in [0.15, 0.2) is 33.8 Å². The molecule has 1 atom stereocenters. The highest BCUT2D eigenvalue weighted by Crippen LogP contribution is 2.25. The van der Waals surface area contributed by atoms with Gasteiger partial charge in [0.15, 0.2) is 5.96 Å². The van der Waals surface area contributed by atoms with Crippen LogP contribution in [0, 0.1) is 0 Å². The molecule has 3 rings (SSSR count). The van der Waals surface area contributed by atoms with Gasteiger partial charge >= 0.3 is 0 Å². The lowest BCUT2D eigenvalue weighted by Gasteiger charge is -2.14. The first-order valence-electron chi connectivity index (χ1n) is 8.39. The van der Waals surface area contributed by atoms with Crippen molar-refractivity contribution in [3.05, 3.63) is 35.2 Å². The molecule has 0 bridgehead atoms. The van der Waals surface area contributed by atoms with Gasteiger partial charge in [0.1, 0.15) is 0 Å². The van der Waals surface area contributed by atoms with Crippen molar-refractivity contribution >= 4 is 29.3 Å². The van der Waals surface area contributed by atoms with E-state index >= 15 is 0 Å². The van der Waals surface area contributed by atoms with Crippen LogP contribution in [0.25, 0.3) is 11.4 Å². The topological polar surface area (TPSA) is 75.3 Å². The van der Waals surface area contributed by atoms with Gasteiger partial charge in [-0.15, -0.1) is 0 Å². The summed E-state index contributed by atoms with van der Waals surface area (Å²) in [6.07, 6.45) is 3.23. The van der Waals surface area contributed by atoms with E-state index in [4.69, 9.17) is 16.1 Å². The normalized spacial score (nSPS) is 17.7. The zero-order chi connectivity index (χ0) is 17.5. The summed E-state index contributed by atoms with van der Waals surface area (Å²) < 4.78 is 5.31. The van der Waals surface area contributed by atoms with Crippen LogP contribution >= 0.6 is 23.4 Å². The summed E-state index contributed by atoms with van der Waals surface area (Å²) in [7, 11) is 1.78. The van der Waals surface area contributed by atoms with E-state index in [1.54, 1.807) is 7.05 Å². The van der Waals surface area contributed by atoms with Crippen molar-refractivity contribution in [1.82, 2.24) is 20.8 Å². The lowest BCUT2D eigenvalue weighted by molar-refractivity contribution is 0.378. The molecule has 134 valence electrons. The van der Waals surface area contributed by atoms with E-state index in [2.05, 4.69) is 25.8 Å². The lowest BCUT2D eigenvalue weighted by Crippen LogP contribution is -2.40. The van der Waals surface area contributed by atoms with Gasteiger partial charge in [-0.25, -0.2) is 0 Å². The predicted molar refractivity (Wildman–Crippen MR) is 103 cm³/mol. The molecule has 0 saturated carbocycles. The van der Waals surface area contributed by atoms with Crippen LogP contribution in [-0.2, 0) is 6.42 Å². The Labute approximate surface area is 156 Å². The fraction of sp³-hybridized carbons (Fsp3) is 0.471. The smallest absolute Gasteiger partial charge is 0.228 e. The Bertz CT molecular complexity index is 715. The molecule has 0 amide bonds. The second kappa shape index (κ2) is 9.10. The lowest BCUT2D eigenvalue weighted by atomic mass is 10.2. The molecule has 2 N–H and O–H groups in total. The van der Waals surface area contributed by atoms with Gasteiger partial charge < -0.3 is 15.2 Å². The van der Waals surface area contributed by atoms with Crippen LogP contribution < -0.4 is 10.6 Å². The molecule has 1 aliphatic rings. The number of aliphatic imine (C=N–C) groups is 1. The number of nitrogens with zero attached hydrogens (tertiary/aromatic N) is 3. The van der Waals surface area contributed by atoms with Gasteiger partial charge in [-0.1, -0.05) is 28.9 Å². The Balaban J connectivity index is 1.45. The van der Waals surface area contributed by atoms with Gasteiger partial charge in [0.2, 0.25) is 11.7 Å². The summed E-state index contributed by atoms with van der Waals surface area (Å²) in [5.74, 6) is 3.22. The van der Waals surface area contributed by atoms with E-state index in [0.29, 0.717) is 35.0 Å². The van der Waals surface area contributed by atoms with Crippen LogP contribution in [0.4, 0.5) is 0 Å². The summed E-state index contributed by atoms with van der Waals surface area (Å²) in [5, 5.41) is 12.0. The molecule has 2 aromatic rings.